The van der Waals surface area contributed by atoms with E-state index in [1.807, 2.05) is 67.6 Å². The van der Waals surface area contributed by atoms with Gasteiger partial charge in [0.05, 0.1) is 5.41 Å². The molecule has 1 heteroatoms. The highest BCUT2D eigenvalue weighted by atomic mass is 16.2. The number of hydrogen-bond donors (Lipinski definition) is 1. The quantitative estimate of drug-likeness (QED) is 0.773. The fourth-order valence-corrected chi connectivity index (χ4v) is 1.97. The topological polar surface area (TPSA) is 20.2 Å². The molecule has 84 valence electrons. The highest BCUT2D eigenvalue weighted by Crippen LogP contribution is 2.30. The molecule has 0 saturated heterocycles. The third-order valence-electron chi connectivity index (χ3n) is 3.01. The van der Waals surface area contributed by atoms with E-state index in [1.165, 1.54) is 0 Å². The largest absolute Gasteiger partial charge is 0.462 e. The molecule has 0 aromatic heterocycles. The number of rotatable bonds is 2. The van der Waals surface area contributed by atoms with Crippen LogP contribution in [0.4, 0.5) is 0 Å². The normalized spacial score (nSPS) is 10.4. The Hall–Kier alpha value is -2.20. The minimum Gasteiger partial charge on any atom is -0.462 e. The standard InChI is InChI=1S/C16H14O/c1-16(12-13-17,14-8-4-2-5-9-14)15-10-6-3-7-11-15/h2-11,17H,1H3. The van der Waals surface area contributed by atoms with Crippen LogP contribution >= 0.6 is 0 Å². The van der Waals surface area contributed by atoms with E-state index in [4.69, 9.17) is 5.11 Å². The van der Waals surface area contributed by atoms with Crippen LogP contribution in [0.3, 0.4) is 0 Å². The first-order valence-electron chi connectivity index (χ1n) is 5.54. The number of aliphatic hydroxyl groups is 1. The lowest BCUT2D eigenvalue weighted by atomic mass is 9.77. The van der Waals surface area contributed by atoms with E-state index in [0.29, 0.717) is 0 Å². The SMILES string of the molecule is CC(C#CO)(c1ccccc1)c1ccccc1. The molecule has 1 nitrogen and oxygen atoms in total. The zero-order chi connectivity index (χ0) is 12.1. The molecule has 0 amide bonds. The fourth-order valence-electron chi connectivity index (χ4n) is 1.97. The second-order valence-corrected chi connectivity index (χ2v) is 4.09. The summed E-state index contributed by atoms with van der Waals surface area (Å²) in [5.41, 5.74) is 1.68. The summed E-state index contributed by atoms with van der Waals surface area (Å²) in [5, 5.41) is 8.96. The molecular weight excluding hydrogens is 208 g/mol. The summed E-state index contributed by atoms with van der Waals surface area (Å²) in [7, 11) is 0. The maximum Gasteiger partial charge on any atom is 0.108 e. The molecule has 0 bridgehead atoms. The Kier molecular flexibility index (Phi) is 3.16. The summed E-state index contributed by atoms with van der Waals surface area (Å²) in [6, 6.07) is 20.0. The van der Waals surface area contributed by atoms with Gasteiger partial charge in [-0.2, -0.15) is 0 Å². The number of aliphatic hydroxyl groups excluding tert-OH is 1. The maximum atomic E-state index is 8.96. The molecule has 0 spiro atoms. The lowest BCUT2D eigenvalue weighted by molar-refractivity contribution is 0.513. The van der Waals surface area contributed by atoms with Crippen LogP contribution in [0.15, 0.2) is 60.7 Å². The van der Waals surface area contributed by atoms with Crippen molar-refractivity contribution >= 4 is 0 Å². The van der Waals surface area contributed by atoms with Gasteiger partial charge in [-0.3, -0.25) is 0 Å². The second kappa shape index (κ2) is 4.76. The Balaban J connectivity index is 2.58. The molecule has 0 aliphatic rings. The van der Waals surface area contributed by atoms with Crippen molar-refractivity contribution in [3.8, 4) is 12.0 Å². The lowest BCUT2D eigenvalue weighted by Gasteiger charge is -2.24. The van der Waals surface area contributed by atoms with E-state index in [1.54, 1.807) is 0 Å². The van der Waals surface area contributed by atoms with Crippen molar-refractivity contribution in [2.45, 2.75) is 12.3 Å². The highest BCUT2D eigenvalue weighted by Gasteiger charge is 2.26. The van der Waals surface area contributed by atoms with Gasteiger partial charge in [-0.05, 0) is 24.0 Å². The Morgan fingerprint density at radius 1 is 0.824 bits per heavy atom. The van der Waals surface area contributed by atoms with Crippen molar-refractivity contribution in [1.82, 2.24) is 0 Å². The molecule has 0 fully saturated rings. The van der Waals surface area contributed by atoms with E-state index in [2.05, 4.69) is 12.0 Å². The number of benzene rings is 2. The molecule has 0 radical (unpaired) electrons. The van der Waals surface area contributed by atoms with Gasteiger partial charge in [0.2, 0.25) is 0 Å². The fraction of sp³-hybridized carbons (Fsp3) is 0.125. The highest BCUT2D eigenvalue weighted by molar-refractivity contribution is 5.46. The molecule has 1 N–H and O–H groups in total. The van der Waals surface area contributed by atoms with Gasteiger partial charge < -0.3 is 5.11 Å². The molecule has 2 rings (SSSR count). The van der Waals surface area contributed by atoms with E-state index in [-0.39, 0.29) is 0 Å². The van der Waals surface area contributed by atoms with Crippen molar-refractivity contribution in [2.24, 2.45) is 0 Å². The van der Waals surface area contributed by atoms with E-state index < -0.39 is 5.41 Å². The minimum absolute atomic E-state index is 0.475. The van der Waals surface area contributed by atoms with Crippen LogP contribution in [0.2, 0.25) is 0 Å². The van der Waals surface area contributed by atoms with Gasteiger partial charge >= 0.3 is 0 Å². The Morgan fingerprint density at radius 3 is 1.59 bits per heavy atom. The minimum atomic E-state index is -0.475. The lowest BCUT2D eigenvalue weighted by Crippen LogP contribution is -2.21. The van der Waals surface area contributed by atoms with Crippen LogP contribution in [0.25, 0.3) is 0 Å². The Morgan fingerprint density at radius 2 is 1.24 bits per heavy atom. The van der Waals surface area contributed by atoms with Crippen molar-refractivity contribution < 1.29 is 5.11 Å². The monoisotopic (exact) mass is 222 g/mol. The zero-order valence-electron chi connectivity index (χ0n) is 9.72. The summed E-state index contributed by atoms with van der Waals surface area (Å²) in [4.78, 5) is 0. The van der Waals surface area contributed by atoms with Gasteiger partial charge in [0, 0.05) is 0 Å². The van der Waals surface area contributed by atoms with Crippen molar-refractivity contribution in [1.29, 1.82) is 0 Å². The van der Waals surface area contributed by atoms with Crippen molar-refractivity contribution in [2.75, 3.05) is 0 Å². The van der Waals surface area contributed by atoms with E-state index in [9.17, 15) is 0 Å². The third-order valence-corrected chi connectivity index (χ3v) is 3.01. The summed E-state index contributed by atoms with van der Waals surface area (Å²) >= 11 is 0. The maximum absolute atomic E-state index is 8.96. The zero-order valence-corrected chi connectivity index (χ0v) is 9.72. The van der Waals surface area contributed by atoms with Crippen LogP contribution in [0.1, 0.15) is 18.1 Å². The van der Waals surface area contributed by atoms with Crippen molar-refractivity contribution in [3.63, 3.8) is 0 Å². The molecule has 0 unspecified atom stereocenters. The smallest absolute Gasteiger partial charge is 0.108 e. The summed E-state index contributed by atoms with van der Waals surface area (Å²) in [6.45, 7) is 2.01. The molecule has 0 atom stereocenters. The first-order chi connectivity index (χ1) is 8.27. The molecule has 0 heterocycles. The predicted octanol–water partition coefficient (Wildman–Crippen LogP) is 3.33. The van der Waals surface area contributed by atoms with Gasteiger partial charge in [-0.25, -0.2) is 0 Å². The second-order valence-electron chi connectivity index (χ2n) is 4.09. The van der Waals surface area contributed by atoms with Gasteiger partial charge in [0.1, 0.15) is 6.11 Å². The van der Waals surface area contributed by atoms with Gasteiger partial charge in [0.25, 0.3) is 0 Å². The summed E-state index contributed by atoms with van der Waals surface area (Å²) in [5.74, 6) is 2.90. The summed E-state index contributed by atoms with van der Waals surface area (Å²) in [6.07, 6.45) is 2.06. The Bertz CT molecular complexity index is 492. The van der Waals surface area contributed by atoms with Crippen LogP contribution in [0, 0.1) is 12.0 Å². The average Bonchev–Trinajstić information content (AvgIpc) is 2.41. The first kappa shape index (κ1) is 11.3. The van der Waals surface area contributed by atoms with Crippen LogP contribution in [-0.2, 0) is 5.41 Å². The molecule has 2 aromatic carbocycles. The third kappa shape index (κ3) is 2.16. The predicted molar refractivity (Wildman–Crippen MR) is 69.0 cm³/mol. The molecule has 0 aliphatic heterocycles. The molecule has 0 saturated carbocycles. The first-order valence-corrected chi connectivity index (χ1v) is 5.54. The molecule has 17 heavy (non-hydrogen) atoms. The Labute approximate surface area is 102 Å². The van der Waals surface area contributed by atoms with Crippen molar-refractivity contribution in [3.05, 3.63) is 71.8 Å². The van der Waals surface area contributed by atoms with Gasteiger partial charge in [-0.1, -0.05) is 60.7 Å². The molecular formula is C16H14O. The van der Waals surface area contributed by atoms with Crippen LogP contribution in [-0.4, -0.2) is 5.11 Å². The molecule has 0 aliphatic carbocycles. The number of hydrogen-bond acceptors (Lipinski definition) is 1. The molecule has 2 aromatic rings. The summed E-state index contributed by atoms with van der Waals surface area (Å²) < 4.78 is 0. The van der Waals surface area contributed by atoms with Gasteiger partial charge in [-0.15, -0.1) is 0 Å². The van der Waals surface area contributed by atoms with Crippen LogP contribution < -0.4 is 0 Å². The van der Waals surface area contributed by atoms with E-state index >= 15 is 0 Å². The van der Waals surface area contributed by atoms with Gasteiger partial charge in [0.15, 0.2) is 0 Å². The average molecular weight is 222 g/mol. The van der Waals surface area contributed by atoms with Crippen LogP contribution in [0.5, 0.6) is 0 Å². The van der Waals surface area contributed by atoms with E-state index in [0.717, 1.165) is 11.1 Å².